The molecule has 110 valence electrons. The van der Waals surface area contributed by atoms with E-state index < -0.39 is 5.60 Å². The lowest BCUT2D eigenvalue weighted by Gasteiger charge is -2.39. The van der Waals surface area contributed by atoms with E-state index in [1.807, 2.05) is 39.1 Å². The molecule has 1 aromatic heterocycles. The average Bonchev–Trinajstić information content (AvgIpc) is 2.81. The molecular weight excluding hydrogens is 334 g/mol. The Bertz CT molecular complexity index is 709. The van der Waals surface area contributed by atoms with Gasteiger partial charge in [0.05, 0.1) is 24.8 Å². The number of imidazole rings is 1. The van der Waals surface area contributed by atoms with Crippen LogP contribution in [0.25, 0.3) is 0 Å². The number of hydrogen-bond acceptors (Lipinski definition) is 3. The Balaban J connectivity index is 2.07. The number of halogens is 1. The number of aryl methyl sites for hydroxylation is 1. The van der Waals surface area contributed by atoms with E-state index in [-0.39, 0.29) is 5.91 Å². The number of rotatable bonds is 1. The van der Waals surface area contributed by atoms with Crippen molar-refractivity contribution in [2.45, 2.75) is 19.4 Å². The van der Waals surface area contributed by atoms with Crippen molar-refractivity contribution < 1.29 is 9.53 Å². The fourth-order valence-corrected chi connectivity index (χ4v) is 2.81. The van der Waals surface area contributed by atoms with Crippen LogP contribution in [0.5, 0.6) is 5.75 Å². The number of anilines is 1. The number of fused-ring (bicyclic) bond motifs is 1. The van der Waals surface area contributed by atoms with Gasteiger partial charge < -0.3 is 9.30 Å². The fraction of sp³-hybridized carbons (Fsp3) is 0.333. The first-order chi connectivity index (χ1) is 9.87. The summed E-state index contributed by atoms with van der Waals surface area (Å²) in [6, 6.07) is 5.69. The number of amides is 1. The summed E-state index contributed by atoms with van der Waals surface area (Å²) in [7, 11) is 1.81. The van der Waals surface area contributed by atoms with Gasteiger partial charge in [-0.1, -0.05) is 15.9 Å². The van der Waals surface area contributed by atoms with Gasteiger partial charge in [0.25, 0.3) is 5.91 Å². The predicted molar refractivity (Wildman–Crippen MR) is 83.7 cm³/mol. The Morgan fingerprint density at radius 2 is 2.19 bits per heavy atom. The van der Waals surface area contributed by atoms with Crippen LogP contribution in [0, 0.1) is 0 Å². The molecule has 5 nitrogen and oxygen atoms in total. The summed E-state index contributed by atoms with van der Waals surface area (Å²) in [4.78, 5) is 18.6. The highest BCUT2D eigenvalue weighted by Gasteiger charge is 2.36. The first-order valence-corrected chi connectivity index (χ1v) is 7.43. The standard InChI is InChI=1S/C15H16BrN3O2/c1-15(2)8-19(14(20)12-7-17-9-18(12)3)11-5-4-10(16)6-13(11)21-15/h4-7,9H,8H2,1-3H3. The molecule has 1 aromatic carbocycles. The first-order valence-electron chi connectivity index (χ1n) is 6.64. The number of hydrogen-bond donors (Lipinski definition) is 0. The Kier molecular flexibility index (Phi) is 3.28. The van der Waals surface area contributed by atoms with Crippen LogP contribution in [0.1, 0.15) is 24.3 Å². The molecule has 6 heteroatoms. The molecule has 2 heterocycles. The molecule has 0 saturated heterocycles. The van der Waals surface area contributed by atoms with E-state index >= 15 is 0 Å². The van der Waals surface area contributed by atoms with Gasteiger partial charge in [0, 0.05) is 11.5 Å². The Hall–Kier alpha value is -1.82. The van der Waals surface area contributed by atoms with Crippen LogP contribution in [0.15, 0.2) is 35.2 Å². The van der Waals surface area contributed by atoms with Crippen LogP contribution in [0.2, 0.25) is 0 Å². The van der Waals surface area contributed by atoms with Gasteiger partial charge in [0.2, 0.25) is 0 Å². The molecule has 1 amide bonds. The zero-order chi connectivity index (χ0) is 15.2. The van der Waals surface area contributed by atoms with E-state index in [1.54, 1.807) is 22.0 Å². The number of nitrogens with zero attached hydrogens (tertiary/aromatic N) is 3. The minimum Gasteiger partial charge on any atom is -0.484 e. The first kappa shape index (κ1) is 14.1. The van der Waals surface area contributed by atoms with Crippen LogP contribution >= 0.6 is 15.9 Å². The average molecular weight is 350 g/mol. The van der Waals surface area contributed by atoms with E-state index in [2.05, 4.69) is 20.9 Å². The summed E-state index contributed by atoms with van der Waals surface area (Å²) in [5.74, 6) is 0.631. The van der Waals surface area contributed by atoms with Crippen LogP contribution in [-0.2, 0) is 7.05 Å². The van der Waals surface area contributed by atoms with E-state index in [4.69, 9.17) is 4.74 Å². The monoisotopic (exact) mass is 349 g/mol. The highest BCUT2D eigenvalue weighted by atomic mass is 79.9. The van der Waals surface area contributed by atoms with Crippen molar-refractivity contribution in [1.82, 2.24) is 9.55 Å². The Labute approximate surface area is 131 Å². The summed E-state index contributed by atoms with van der Waals surface area (Å²) in [6.07, 6.45) is 3.21. The molecule has 1 aliphatic rings. The summed E-state index contributed by atoms with van der Waals surface area (Å²) in [6.45, 7) is 4.44. The van der Waals surface area contributed by atoms with Gasteiger partial charge in [-0.15, -0.1) is 0 Å². The van der Waals surface area contributed by atoms with Gasteiger partial charge >= 0.3 is 0 Å². The van der Waals surface area contributed by atoms with Gasteiger partial charge in [0.15, 0.2) is 0 Å². The zero-order valence-corrected chi connectivity index (χ0v) is 13.7. The van der Waals surface area contributed by atoms with Crippen LogP contribution in [0.4, 0.5) is 5.69 Å². The molecule has 2 aromatic rings. The molecule has 21 heavy (non-hydrogen) atoms. The summed E-state index contributed by atoms with van der Waals surface area (Å²) in [5.41, 5.74) is 0.896. The fourth-order valence-electron chi connectivity index (χ4n) is 2.47. The number of carbonyl (C=O) groups excluding carboxylic acids is 1. The maximum atomic E-state index is 12.8. The SMILES string of the molecule is Cn1cncc1C(=O)N1CC(C)(C)Oc2cc(Br)ccc21. The number of benzene rings is 1. The molecule has 0 atom stereocenters. The maximum Gasteiger partial charge on any atom is 0.276 e. The van der Waals surface area contributed by atoms with Gasteiger partial charge in [-0.2, -0.15) is 0 Å². The Morgan fingerprint density at radius 1 is 1.43 bits per heavy atom. The molecule has 0 aliphatic carbocycles. The largest absolute Gasteiger partial charge is 0.484 e. The molecular formula is C15H16BrN3O2. The van der Waals surface area contributed by atoms with Gasteiger partial charge in [0.1, 0.15) is 17.0 Å². The number of carbonyl (C=O) groups is 1. The van der Waals surface area contributed by atoms with Crippen LogP contribution < -0.4 is 9.64 Å². The highest BCUT2D eigenvalue weighted by Crippen LogP contribution is 2.39. The van der Waals surface area contributed by atoms with Crippen molar-refractivity contribution in [1.29, 1.82) is 0 Å². The van der Waals surface area contributed by atoms with E-state index in [0.29, 0.717) is 18.0 Å². The summed E-state index contributed by atoms with van der Waals surface area (Å²) < 4.78 is 8.63. The minimum atomic E-state index is -0.442. The minimum absolute atomic E-state index is 0.0741. The molecule has 0 unspecified atom stereocenters. The lowest BCUT2D eigenvalue weighted by molar-refractivity contribution is 0.0830. The van der Waals surface area contributed by atoms with Crippen LogP contribution in [0.3, 0.4) is 0 Å². The number of aromatic nitrogens is 2. The second-order valence-electron chi connectivity index (χ2n) is 5.75. The molecule has 0 fully saturated rings. The van der Waals surface area contributed by atoms with Gasteiger partial charge in [-0.25, -0.2) is 4.98 Å². The maximum absolute atomic E-state index is 12.8. The molecule has 0 saturated carbocycles. The van der Waals surface area contributed by atoms with Crippen molar-refractivity contribution in [2.75, 3.05) is 11.4 Å². The third-order valence-electron chi connectivity index (χ3n) is 3.42. The van der Waals surface area contributed by atoms with Crippen molar-refractivity contribution in [3.63, 3.8) is 0 Å². The van der Waals surface area contributed by atoms with Crippen molar-refractivity contribution >= 4 is 27.5 Å². The smallest absolute Gasteiger partial charge is 0.276 e. The normalized spacial score (nSPS) is 16.3. The molecule has 3 rings (SSSR count). The highest BCUT2D eigenvalue weighted by molar-refractivity contribution is 9.10. The van der Waals surface area contributed by atoms with E-state index in [0.717, 1.165) is 10.2 Å². The third-order valence-corrected chi connectivity index (χ3v) is 3.91. The van der Waals surface area contributed by atoms with Crippen molar-refractivity contribution in [2.24, 2.45) is 7.05 Å². The molecule has 0 N–H and O–H groups in total. The lowest BCUT2D eigenvalue weighted by Crippen LogP contribution is -2.49. The van der Waals surface area contributed by atoms with Crippen LogP contribution in [-0.4, -0.2) is 27.6 Å². The zero-order valence-electron chi connectivity index (χ0n) is 12.1. The van der Waals surface area contributed by atoms with E-state index in [1.165, 1.54) is 0 Å². The van der Waals surface area contributed by atoms with Gasteiger partial charge in [-0.3, -0.25) is 9.69 Å². The predicted octanol–water partition coefficient (Wildman–Crippen LogP) is 3.00. The quantitative estimate of drug-likeness (QED) is 0.794. The molecule has 0 spiro atoms. The number of ether oxygens (including phenoxy) is 1. The summed E-state index contributed by atoms with van der Waals surface area (Å²) in [5, 5.41) is 0. The third kappa shape index (κ3) is 2.55. The van der Waals surface area contributed by atoms with Crippen molar-refractivity contribution in [3.8, 4) is 5.75 Å². The second-order valence-corrected chi connectivity index (χ2v) is 6.67. The van der Waals surface area contributed by atoms with E-state index in [9.17, 15) is 4.79 Å². The van der Waals surface area contributed by atoms with Crippen molar-refractivity contribution in [3.05, 3.63) is 40.9 Å². The Morgan fingerprint density at radius 3 is 2.86 bits per heavy atom. The lowest BCUT2D eigenvalue weighted by atomic mass is 10.0. The topological polar surface area (TPSA) is 47.4 Å². The van der Waals surface area contributed by atoms with Gasteiger partial charge in [-0.05, 0) is 32.0 Å². The second kappa shape index (κ2) is 4.87. The molecule has 0 radical (unpaired) electrons. The molecule has 1 aliphatic heterocycles. The summed E-state index contributed by atoms with van der Waals surface area (Å²) >= 11 is 3.44. The molecule has 0 bridgehead atoms.